The Hall–Kier alpha value is -0.860. The Balaban J connectivity index is 1.97. The summed E-state index contributed by atoms with van der Waals surface area (Å²) in [7, 11) is 0. The first-order valence-electron chi connectivity index (χ1n) is 10.5. The second-order valence-corrected chi connectivity index (χ2v) is 8.92. The molecule has 1 aromatic carbocycles. The summed E-state index contributed by atoms with van der Waals surface area (Å²) >= 11 is 0. The molecule has 1 aromatic rings. The van der Waals surface area contributed by atoms with Gasteiger partial charge in [-0.25, -0.2) is 0 Å². The van der Waals surface area contributed by atoms with Gasteiger partial charge in [-0.05, 0) is 36.7 Å². The van der Waals surface area contributed by atoms with Crippen LogP contribution >= 0.6 is 0 Å². The molecule has 0 aromatic heterocycles. The van der Waals surface area contributed by atoms with Gasteiger partial charge < -0.3 is 5.32 Å². The molecule has 2 rings (SSSR count). The van der Waals surface area contributed by atoms with Crippen LogP contribution in [0.3, 0.4) is 0 Å². The van der Waals surface area contributed by atoms with Crippen molar-refractivity contribution in [2.24, 2.45) is 5.41 Å². The summed E-state index contributed by atoms with van der Waals surface area (Å²) in [5.41, 5.74) is 2.23. The van der Waals surface area contributed by atoms with Crippen molar-refractivity contribution in [1.29, 1.82) is 0 Å². The SMILES string of the molecule is CCCCC(C)(C)CCC1(CCC)CN(Cc2ccccc2)CCN1. The number of hydrogen-bond acceptors (Lipinski definition) is 2. The van der Waals surface area contributed by atoms with Crippen LogP contribution in [-0.2, 0) is 6.54 Å². The Morgan fingerprint density at radius 2 is 1.80 bits per heavy atom. The number of benzene rings is 1. The van der Waals surface area contributed by atoms with Gasteiger partial charge in [-0.3, -0.25) is 4.90 Å². The lowest BCUT2D eigenvalue weighted by molar-refractivity contribution is 0.0962. The van der Waals surface area contributed by atoms with Crippen LogP contribution in [0.15, 0.2) is 30.3 Å². The molecule has 1 heterocycles. The molecule has 0 spiro atoms. The molecule has 0 saturated carbocycles. The topological polar surface area (TPSA) is 15.3 Å². The Labute approximate surface area is 156 Å². The third-order valence-electron chi connectivity index (χ3n) is 5.92. The lowest BCUT2D eigenvalue weighted by Crippen LogP contribution is -2.60. The Kier molecular flexibility index (Phi) is 7.96. The summed E-state index contributed by atoms with van der Waals surface area (Å²) < 4.78 is 0. The van der Waals surface area contributed by atoms with Crippen molar-refractivity contribution in [2.45, 2.75) is 84.7 Å². The van der Waals surface area contributed by atoms with Crippen LogP contribution in [0, 0.1) is 5.41 Å². The van der Waals surface area contributed by atoms with Crippen molar-refractivity contribution >= 4 is 0 Å². The van der Waals surface area contributed by atoms with E-state index in [2.05, 4.69) is 68.2 Å². The average molecular weight is 345 g/mol. The van der Waals surface area contributed by atoms with Crippen molar-refractivity contribution in [3.8, 4) is 0 Å². The predicted octanol–water partition coefficient (Wildman–Crippen LogP) is 5.63. The number of rotatable bonds is 10. The highest BCUT2D eigenvalue weighted by molar-refractivity contribution is 5.15. The highest BCUT2D eigenvalue weighted by atomic mass is 15.2. The standard InChI is InChI=1S/C23H40N2/c1-5-7-14-22(3,4)15-16-23(13-6-2)20-25(18-17-24-23)19-21-11-9-8-10-12-21/h8-12,24H,5-7,13-20H2,1-4H3. The van der Waals surface area contributed by atoms with Crippen molar-refractivity contribution in [1.82, 2.24) is 10.2 Å². The third-order valence-corrected chi connectivity index (χ3v) is 5.92. The van der Waals surface area contributed by atoms with E-state index in [-0.39, 0.29) is 0 Å². The lowest BCUT2D eigenvalue weighted by Gasteiger charge is -2.45. The zero-order chi connectivity index (χ0) is 18.2. The molecule has 0 aliphatic carbocycles. The van der Waals surface area contributed by atoms with Gasteiger partial charge in [-0.15, -0.1) is 0 Å². The summed E-state index contributed by atoms with van der Waals surface area (Å²) in [5, 5.41) is 3.94. The van der Waals surface area contributed by atoms with Crippen LogP contribution in [0.5, 0.6) is 0 Å². The van der Waals surface area contributed by atoms with Gasteiger partial charge >= 0.3 is 0 Å². The van der Waals surface area contributed by atoms with Gasteiger partial charge in [0.25, 0.3) is 0 Å². The van der Waals surface area contributed by atoms with E-state index in [1.165, 1.54) is 63.6 Å². The minimum Gasteiger partial charge on any atom is -0.309 e. The average Bonchev–Trinajstić information content (AvgIpc) is 2.60. The molecule has 0 amide bonds. The monoisotopic (exact) mass is 344 g/mol. The van der Waals surface area contributed by atoms with E-state index in [9.17, 15) is 0 Å². The molecular formula is C23H40N2. The fourth-order valence-corrected chi connectivity index (χ4v) is 4.32. The van der Waals surface area contributed by atoms with Crippen LogP contribution in [-0.4, -0.2) is 30.1 Å². The number of nitrogens with zero attached hydrogens (tertiary/aromatic N) is 1. The fraction of sp³-hybridized carbons (Fsp3) is 0.739. The third kappa shape index (κ3) is 6.75. The maximum absolute atomic E-state index is 3.94. The molecule has 1 N–H and O–H groups in total. The van der Waals surface area contributed by atoms with E-state index in [1.807, 2.05) is 0 Å². The predicted molar refractivity (Wildman–Crippen MR) is 110 cm³/mol. The summed E-state index contributed by atoms with van der Waals surface area (Å²) in [5.74, 6) is 0. The van der Waals surface area contributed by atoms with Gasteiger partial charge in [0, 0.05) is 31.7 Å². The number of nitrogens with one attached hydrogen (secondary N) is 1. The summed E-state index contributed by atoms with van der Waals surface area (Å²) in [6.07, 6.45) is 9.24. The van der Waals surface area contributed by atoms with Crippen LogP contribution in [0.25, 0.3) is 0 Å². The van der Waals surface area contributed by atoms with Gasteiger partial charge in [0.05, 0.1) is 0 Å². The minimum atomic E-state index is 0.311. The molecule has 2 nitrogen and oxygen atoms in total. The fourth-order valence-electron chi connectivity index (χ4n) is 4.32. The van der Waals surface area contributed by atoms with Crippen molar-refractivity contribution in [3.63, 3.8) is 0 Å². The quantitative estimate of drug-likeness (QED) is 0.592. The molecular weight excluding hydrogens is 304 g/mol. The van der Waals surface area contributed by atoms with Gasteiger partial charge in [0.2, 0.25) is 0 Å². The molecule has 142 valence electrons. The first kappa shape index (κ1) is 20.5. The zero-order valence-corrected chi connectivity index (χ0v) is 17.1. The second kappa shape index (κ2) is 9.73. The summed E-state index contributed by atoms with van der Waals surface area (Å²) in [4.78, 5) is 2.67. The van der Waals surface area contributed by atoms with Crippen molar-refractivity contribution in [3.05, 3.63) is 35.9 Å². The smallest absolute Gasteiger partial charge is 0.0309 e. The van der Waals surface area contributed by atoms with Crippen LogP contribution in [0.1, 0.15) is 78.2 Å². The molecule has 25 heavy (non-hydrogen) atoms. The van der Waals surface area contributed by atoms with E-state index in [0.717, 1.165) is 13.1 Å². The summed E-state index contributed by atoms with van der Waals surface area (Å²) in [6.45, 7) is 14.1. The maximum atomic E-state index is 3.94. The van der Waals surface area contributed by atoms with Gasteiger partial charge in [0.1, 0.15) is 0 Å². The normalized spacial score (nSPS) is 22.2. The van der Waals surface area contributed by atoms with E-state index in [0.29, 0.717) is 11.0 Å². The molecule has 1 aliphatic heterocycles. The second-order valence-electron chi connectivity index (χ2n) is 8.92. The van der Waals surface area contributed by atoms with E-state index < -0.39 is 0 Å². The first-order valence-corrected chi connectivity index (χ1v) is 10.5. The highest BCUT2D eigenvalue weighted by Gasteiger charge is 2.35. The molecule has 1 aliphatic rings. The number of hydrogen-bond donors (Lipinski definition) is 1. The van der Waals surface area contributed by atoms with Gasteiger partial charge in [-0.1, -0.05) is 77.3 Å². The molecule has 1 saturated heterocycles. The van der Waals surface area contributed by atoms with E-state index >= 15 is 0 Å². The molecule has 1 fully saturated rings. The zero-order valence-electron chi connectivity index (χ0n) is 17.1. The van der Waals surface area contributed by atoms with Crippen LogP contribution in [0.2, 0.25) is 0 Å². The van der Waals surface area contributed by atoms with Crippen molar-refractivity contribution in [2.75, 3.05) is 19.6 Å². The Morgan fingerprint density at radius 3 is 2.48 bits per heavy atom. The maximum Gasteiger partial charge on any atom is 0.0309 e. The molecule has 0 radical (unpaired) electrons. The molecule has 1 unspecified atom stereocenters. The number of piperazine rings is 1. The van der Waals surface area contributed by atoms with Crippen LogP contribution < -0.4 is 5.32 Å². The molecule has 2 heteroatoms. The Bertz CT molecular complexity index is 478. The number of unbranched alkanes of at least 4 members (excludes halogenated alkanes) is 1. The summed E-state index contributed by atoms with van der Waals surface area (Å²) in [6, 6.07) is 11.0. The van der Waals surface area contributed by atoms with Crippen molar-refractivity contribution < 1.29 is 0 Å². The van der Waals surface area contributed by atoms with E-state index in [1.54, 1.807) is 0 Å². The lowest BCUT2D eigenvalue weighted by atomic mass is 9.76. The molecule has 1 atom stereocenters. The van der Waals surface area contributed by atoms with Crippen LogP contribution in [0.4, 0.5) is 0 Å². The van der Waals surface area contributed by atoms with E-state index in [4.69, 9.17) is 0 Å². The molecule has 0 bridgehead atoms. The minimum absolute atomic E-state index is 0.311. The van der Waals surface area contributed by atoms with Gasteiger partial charge in [0.15, 0.2) is 0 Å². The Morgan fingerprint density at radius 1 is 1.04 bits per heavy atom. The first-order chi connectivity index (χ1) is 12.0. The largest absolute Gasteiger partial charge is 0.309 e. The van der Waals surface area contributed by atoms with Gasteiger partial charge in [-0.2, -0.15) is 0 Å². The highest BCUT2D eigenvalue weighted by Crippen LogP contribution is 2.34.